The van der Waals surface area contributed by atoms with Crippen LogP contribution in [0.25, 0.3) is 0 Å². The van der Waals surface area contributed by atoms with Gasteiger partial charge in [0.2, 0.25) is 5.91 Å². The summed E-state index contributed by atoms with van der Waals surface area (Å²) < 4.78 is 10.6. The van der Waals surface area contributed by atoms with Crippen LogP contribution in [-0.2, 0) is 14.3 Å². The van der Waals surface area contributed by atoms with Gasteiger partial charge in [0.15, 0.2) is 6.10 Å². The molecule has 1 aliphatic heterocycles. The Labute approximate surface area is 195 Å². The summed E-state index contributed by atoms with van der Waals surface area (Å²) in [6, 6.07) is 4.40. The van der Waals surface area contributed by atoms with Gasteiger partial charge in [-0.05, 0) is 51.5 Å². The number of nitrogens with one attached hydrogen (secondary N) is 4. The number of benzene rings is 1. The van der Waals surface area contributed by atoms with Crippen molar-refractivity contribution in [2.75, 3.05) is 29.6 Å². The minimum Gasteiger partial charge on any atom is -0.479 e. The number of ether oxygens (including phenoxy) is 2. The van der Waals surface area contributed by atoms with Crippen LogP contribution >= 0.6 is 11.3 Å². The highest BCUT2D eigenvalue weighted by molar-refractivity contribution is 7.18. The van der Waals surface area contributed by atoms with E-state index in [2.05, 4.69) is 21.3 Å². The Morgan fingerprint density at radius 3 is 2.70 bits per heavy atom. The predicted octanol–water partition coefficient (Wildman–Crippen LogP) is 2.75. The van der Waals surface area contributed by atoms with Crippen molar-refractivity contribution in [2.45, 2.75) is 39.8 Å². The zero-order valence-electron chi connectivity index (χ0n) is 19.0. The van der Waals surface area contributed by atoms with Crippen molar-refractivity contribution in [3.8, 4) is 5.75 Å². The van der Waals surface area contributed by atoms with Crippen LogP contribution < -0.4 is 26.0 Å². The van der Waals surface area contributed by atoms with Gasteiger partial charge in [-0.25, -0.2) is 4.79 Å². The maximum absolute atomic E-state index is 12.9. The molecule has 0 fully saturated rings. The smallest absolute Gasteiger partial charge is 0.341 e. The van der Waals surface area contributed by atoms with E-state index in [0.717, 1.165) is 11.3 Å². The van der Waals surface area contributed by atoms with Gasteiger partial charge in [-0.3, -0.25) is 14.4 Å². The lowest BCUT2D eigenvalue weighted by Gasteiger charge is -2.24. The standard InChI is InChI=1S/C22H26N4O6S/c1-6-31-22(30)16-10(2)17(20(29)23-5)33-21(16)26-18(27)11(3)24-13-7-8-15-14(9-13)25-19(28)12(4)32-15/h7-9,11-12,24H,6H2,1-5H3,(H,23,29)(H,25,28)(H,26,27)/t11-,12-/m1/s1. The molecule has 0 radical (unpaired) electrons. The summed E-state index contributed by atoms with van der Waals surface area (Å²) in [7, 11) is 1.49. The van der Waals surface area contributed by atoms with Crippen LogP contribution in [0.2, 0.25) is 0 Å². The molecule has 2 aromatic rings. The number of carbonyl (C=O) groups excluding carboxylic acids is 4. The molecule has 0 bridgehead atoms. The quantitative estimate of drug-likeness (QED) is 0.453. The van der Waals surface area contributed by atoms with Crippen molar-refractivity contribution in [3.05, 3.63) is 34.2 Å². The molecule has 1 aromatic carbocycles. The zero-order valence-corrected chi connectivity index (χ0v) is 19.8. The third kappa shape index (κ3) is 5.08. The molecule has 0 saturated heterocycles. The Hall–Kier alpha value is -3.60. The molecule has 33 heavy (non-hydrogen) atoms. The second kappa shape index (κ2) is 9.90. The summed E-state index contributed by atoms with van der Waals surface area (Å²) in [5, 5.41) is 11.3. The minimum absolute atomic E-state index is 0.156. The molecule has 176 valence electrons. The Morgan fingerprint density at radius 1 is 1.30 bits per heavy atom. The van der Waals surface area contributed by atoms with E-state index in [1.54, 1.807) is 45.9 Å². The number of amides is 3. The van der Waals surface area contributed by atoms with E-state index in [0.29, 0.717) is 27.6 Å². The summed E-state index contributed by atoms with van der Waals surface area (Å²) in [6.07, 6.45) is -0.580. The number of hydrogen-bond acceptors (Lipinski definition) is 8. The Morgan fingerprint density at radius 2 is 2.03 bits per heavy atom. The lowest BCUT2D eigenvalue weighted by Crippen LogP contribution is -2.34. The SMILES string of the molecule is CCOC(=O)c1c(NC(=O)[C@@H](C)Nc2ccc3c(c2)NC(=O)[C@@H](C)O3)sc(C(=O)NC)c1C. The molecule has 3 rings (SSSR count). The van der Waals surface area contributed by atoms with Gasteiger partial charge in [-0.15, -0.1) is 11.3 Å². The van der Waals surface area contributed by atoms with Gasteiger partial charge in [0.25, 0.3) is 11.8 Å². The van der Waals surface area contributed by atoms with E-state index >= 15 is 0 Å². The number of thiophene rings is 1. The average Bonchev–Trinajstić information content (AvgIpc) is 3.10. The Kier molecular flexibility index (Phi) is 7.22. The van der Waals surface area contributed by atoms with Crippen molar-refractivity contribution >= 4 is 51.4 Å². The van der Waals surface area contributed by atoms with Gasteiger partial charge in [-0.2, -0.15) is 0 Å². The molecule has 1 aliphatic rings. The molecule has 0 aliphatic carbocycles. The number of esters is 1. The van der Waals surface area contributed by atoms with Gasteiger partial charge < -0.3 is 30.7 Å². The summed E-state index contributed by atoms with van der Waals surface area (Å²) in [6.45, 7) is 6.77. The average molecular weight is 475 g/mol. The van der Waals surface area contributed by atoms with Crippen LogP contribution in [0.15, 0.2) is 18.2 Å². The van der Waals surface area contributed by atoms with Gasteiger partial charge in [0, 0.05) is 12.7 Å². The fourth-order valence-electron chi connectivity index (χ4n) is 3.21. The monoisotopic (exact) mass is 474 g/mol. The Bertz CT molecular complexity index is 1110. The summed E-state index contributed by atoms with van der Waals surface area (Å²) in [5.41, 5.74) is 1.69. The van der Waals surface area contributed by atoms with E-state index in [1.807, 2.05) is 0 Å². The summed E-state index contributed by atoms with van der Waals surface area (Å²) in [5.74, 6) is -1.10. The number of carbonyl (C=O) groups is 4. The van der Waals surface area contributed by atoms with Crippen LogP contribution in [0.3, 0.4) is 0 Å². The molecule has 0 unspecified atom stereocenters. The zero-order chi connectivity index (χ0) is 24.3. The molecular weight excluding hydrogens is 448 g/mol. The molecule has 11 heteroatoms. The molecule has 0 spiro atoms. The van der Waals surface area contributed by atoms with Crippen molar-refractivity contribution < 1.29 is 28.7 Å². The topological polar surface area (TPSA) is 135 Å². The minimum atomic E-state index is -0.705. The highest BCUT2D eigenvalue weighted by Crippen LogP contribution is 2.35. The molecule has 2 atom stereocenters. The first-order valence-corrected chi connectivity index (χ1v) is 11.2. The van der Waals surface area contributed by atoms with E-state index in [-0.39, 0.29) is 29.0 Å². The number of anilines is 3. The molecule has 3 amide bonds. The van der Waals surface area contributed by atoms with Crippen molar-refractivity contribution in [1.29, 1.82) is 0 Å². The molecular formula is C22H26N4O6S. The lowest BCUT2D eigenvalue weighted by atomic mass is 10.1. The highest BCUT2D eigenvalue weighted by atomic mass is 32.1. The highest BCUT2D eigenvalue weighted by Gasteiger charge is 2.28. The van der Waals surface area contributed by atoms with E-state index < -0.39 is 24.0 Å². The first kappa shape index (κ1) is 24.1. The summed E-state index contributed by atoms with van der Waals surface area (Å²) >= 11 is 1.01. The first-order chi connectivity index (χ1) is 15.7. The van der Waals surface area contributed by atoms with Gasteiger partial charge in [0.05, 0.1) is 22.7 Å². The van der Waals surface area contributed by atoms with Crippen LogP contribution in [0.4, 0.5) is 16.4 Å². The van der Waals surface area contributed by atoms with Gasteiger partial charge in [0.1, 0.15) is 16.8 Å². The van der Waals surface area contributed by atoms with Crippen molar-refractivity contribution in [1.82, 2.24) is 5.32 Å². The Balaban J connectivity index is 1.78. The van der Waals surface area contributed by atoms with Gasteiger partial charge in [-0.1, -0.05) is 0 Å². The largest absolute Gasteiger partial charge is 0.479 e. The lowest BCUT2D eigenvalue weighted by molar-refractivity contribution is -0.122. The molecule has 4 N–H and O–H groups in total. The molecule has 0 saturated carbocycles. The first-order valence-electron chi connectivity index (χ1n) is 10.4. The number of hydrogen-bond donors (Lipinski definition) is 4. The number of rotatable bonds is 7. The van der Waals surface area contributed by atoms with Crippen LogP contribution in [0.1, 0.15) is 46.4 Å². The van der Waals surface area contributed by atoms with E-state index in [9.17, 15) is 19.2 Å². The van der Waals surface area contributed by atoms with Crippen molar-refractivity contribution in [2.24, 2.45) is 0 Å². The molecule has 2 heterocycles. The van der Waals surface area contributed by atoms with Crippen LogP contribution in [0.5, 0.6) is 5.75 Å². The normalized spacial score (nSPS) is 15.4. The molecule has 1 aromatic heterocycles. The molecule has 10 nitrogen and oxygen atoms in total. The second-order valence-electron chi connectivity index (χ2n) is 7.38. The third-order valence-electron chi connectivity index (χ3n) is 4.98. The third-order valence-corrected chi connectivity index (χ3v) is 6.19. The maximum Gasteiger partial charge on any atom is 0.341 e. The maximum atomic E-state index is 12.9. The van der Waals surface area contributed by atoms with E-state index in [4.69, 9.17) is 9.47 Å². The second-order valence-corrected chi connectivity index (χ2v) is 8.40. The van der Waals surface area contributed by atoms with Crippen molar-refractivity contribution in [3.63, 3.8) is 0 Å². The van der Waals surface area contributed by atoms with Gasteiger partial charge >= 0.3 is 5.97 Å². The fourth-order valence-corrected chi connectivity index (χ4v) is 4.36. The van der Waals surface area contributed by atoms with Crippen LogP contribution in [0, 0.1) is 6.92 Å². The van der Waals surface area contributed by atoms with E-state index in [1.165, 1.54) is 7.05 Å². The van der Waals surface area contributed by atoms with Crippen LogP contribution in [-0.4, -0.2) is 49.5 Å². The summed E-state index contributed by atoms with van der Waals surface area (Å²) in [4.78, 5) is 49.7. The predicted molar refractivity (Wildman–Crippen MR) is 125 cm³/mol. The fraction of sp³-hybridized carbons (Fsp3) is 0.364. The number of fused-ring (bicyclic) bond motifs is 1.